The fraction of sp³-hybridized carbons (Fsp3) is 0. The number of halogens is 2. The van der Waals surface area contributed by atoms with Gasteiger partial charge in [-0.25, -0.2) is 0 Å². The Morgan fingerprint density at radius 2 is 1.89 bits per heavy atom. The van der Waals surface area contributed by atoms with Gasteiger partial charge in [0.25, 0.3) is 5.69 Å². The summed E-state index contributed by atoms with van der Waals surface area (Å²) in [5.74, 6) is -2.19. The number of fused-ring (bicyclic) bond motifs is 1. The van der Waals surface area contributed by atoms with E-state index in [2.05, 4.69) is 10.3 Å². The Morgan fingerprint density at radius 1 is 1.18 bits per heavy atom. The van der Waals surface area contributed by atoms with Crippen LogP contribution in [0.25, 0.3) is 17.0 Å². The summed E-state index contributed by atoms with van der Waals surface area (Å²) < 4.78 is 0. The lowest BCUT2D eigenvalue weighted by Crippen LogP contribution is -2.23. The van der Waals surface area contributed by atoms with Gasteiger partial charge < -0.3 is 20.2 Å². The van der Waals surface area contributed by atoms with E-state index < -0.39 is 16.8 Å². The first kappa shape index (κ1) is 19.4. The van der Waals surface area contributed by atoms with Crippen molar-refractivity contribution in [3.8, 4) is 0 Å². The number of carboxylic acid groups (broad SMARTS) is 1. The molecule has 1 amide bonds. The van der Waals surface area contributed by atoms with Gasteiger partial charge in [-0.15, -0.1) is 0 Å². The fourth-order valence-electron chi connectivity index (χ4n) is 2.67. The molecule has 28 heavy (non-hydrogen) atoms. The van der Waals surface area contributed by atoms with Crippen LogP contribution in [-0.4, -0.2) is 21.8 Å². The van der Waals surface area contributed by atoms with Gasteiger partial charge in [-0.3, -0.25) is 14.9 Å². The minimum atomic E-state index is -1.50. The summed E-state index contributed by atoms with van der Waals surface area (Å²) >= 11 is 12.1. The fourth-order valence-corrected chi connectivity index (χ4v) is 3.27. The number of benzene rings is 2. The maximum Gasteiger partial charge on any atom is 0.292 e. The molecule has 0 spiro atoms. The van der Waals surface area contributed by atoms with E-state index in [0.717, 1.165) is 6.08 Å². The van der Waals surface area contributed by atoms with Crippen molar-refractivity contribution in [2.75, 3.05) is 5.32 Å². The van der Waals surface area contributed by atoms with E-state index in [1.165, 1.54) is 42.5 Å². The molecule has 8 nitrogen and oxygen atoms in total. The van der Waals surface area contributed by atoms with Crippen molar-refractivity contribution in [2.45, 2.75) is 0 Å². The van der Waals surface area contributed by atoms with Gasteiger partial charge in [0.2, 0.25) is 5.91 Å². The van der Waals surface area contributed by atoms with E-state index >= 15 is 0 Å². The number of aromatic nitrogens is 1. The van der Waals surface area contributed by atoms with Crippen LogP contribution in [0, 0.1) is 10.1 Å². The zero-order chi connectivity index (χ0) is 20.4. The van der Waals surface area contributed by atoms with Crippen molar-refractivity contribution in [3.05, 3.63) is 73.9 Å². The van der Waals surface area contributed by atoms with Crippen LogP contribution >= 0.6 is 23.2 Å². The van der Waals surface area contributed by atoms with Crippen LogP contribution < -0.4 is 10.4 Å². The molecule has 0 fully saturated rings. The number of nitrogens with one attached hydrogen (secondary N) is 2. The third-order valence-electron chi connectivity index (χ3n) is 3.82. The Balaban J connectivity index is 1.97. The second kappa shape index (κ2) is 7.71. The molecule has 0 unspecified atom stereocenters. The average molecular weight is 419 g/mol. The largest absolute Gasteiger partial charge is 0.543 e. The molecule has 10 heteroatoms. The summed E-state index contributed by atoms with van der Waals surface area (Å²) in [5.41, 5.74) is -0.0748. The highest BCUT2D eigenvalue weighted by Crippen LogP contribution is 2.33. The van der Waals surface area contributed by atoms with Crippen LogP contribution in [-0.2, 0) is 4.79 Å². The Kier molecular flexibility index (Phi) is 5.34. The number of nitrogens with zero attached hydrogens (tertiary/aromatic N) is 1. The number of carboxylic acids is 1. The lowest BCUT2D eigenvalue weighted by atomic mass is 10.1. The molecule has 0 aliphatic carbocycles. The quantitative estimate of drug-likeness (QED) is 0.372. The molecule has 0 aliphatic heterocycles. The summed E-state index contributed by atoms with van der Waals surface area (Å²) in [7, 11) is 0. The molecule has 1 heterocycles. The highest BCUT2D eigenvalue weighted by atomic mass is 35.5. The van der Waals surface area contributed by atoms with E-state index in [9.17, 15) is 24.8 Å². The van der Waals surface area contributed by atoms with Gasteiger partial charge in [0, 0.05) is 33.6 Å². The van der Waals surface area contributed by atoms with Crippen molar-refractivity contribution < 1.29 is 19.6 Å². The summed E-state index contributed by atoms with van der Waals surface area (Å²) in [6, 6.07) is 8.54. The highest BCUT2D eigenvalue weighted by Gasteiger charge is 2.16. The number of aromatic amines is 1. The molecule has 3 aromatic rings. The Labute approximate surface area is 167 Å². The van der Waals surface area contributed by atoms with Crippen LogP contribution in [0.15, 0.2) is 42.5 Å². The number of carbonyl (C=O) groups is 2. The lowest BCUT2D eigenvalue weighted by molar-refractivity contribution is -0.383. The highest BCUT2D eigenvalue weighted by molar-refractivity contribution is 6.39. The van der Waals surface area contributed by atoms with Crippen LogP contribution in [0.1, 0.15) is 16.1 Å². The summed E-state index contributed by atoms with van der Waals surface area (Å²) in [6.45, 7) is 0. The molecule has 0 aliphatic rings. The van der Waals surface area contributed by atoms with Crippen molar-refractivity contribution in [3.63, 3.8) is 0 Å². The third-order valence-corrected chi connectivity index (χ3v) is 4.33. The summed E-state index contributed by atoms with van der Waals surface area (Å²) in [5, 5.41) is 25.6. The van der Waals surface area contributed by atoms with Crippen molar-refractivity contribution in [2.24, 2.45) is 0 Å². The normalized spacial score (nSPS) is 11.1. The molecule has 2 N–H and O–H groups in total. The molecular weight excluding hydrogens is 409 g/mol. The molecule has 2 aromatic carbocycles. The second-order valence-corrected chi connectivity index (χ2v) is 6.45. The SMILES string of the molecule is O=C(/C=C/c1c(C(=O)[O-])[nH]c2cc(Cl)cc(Cl)c12)Nc1ccccc1[N+](=O)[O-]. The first-order chi connectivity index (χ1) is 13.3. The van der Waals surface area contributed by atoms with Crippen LogP contribution in [0.4, 0.5) is 11.4 Å². The molecule has 3 rings (SSSR count). The summed E-state index contributed by atoms with van der Waals surface area (Å²) in [6.07, 6.45) is 2.27. The first-order valence-electron chi connectivity index (χ1n) is 7.72. The number of para-hydroxylation sites is 2. The minimum absolute atomic E-state index is 0.00557. The van der Waals surface area contributed by atoms with E-state index in [1.54, 1.807) is 0 Å². The number of carbonyl (C=O) groups excluding carboxylic acids is 2. The van der Waals surface area contributed by atoms with E-state index in [-0.39, 0.29) is 27.7 Å². The molecule has 0 radical (unpaired) electrons. The topological polar surface area (TPSA) is 128 Å². The smallest absolute Gasteiger partial charge is 0.292 e. The second-order valence-electron chi connectivity index (χ2n) is 5.61. The first-order valence-corrected chi connectivity index (χ1v) is 8.48. The zero-order valence-electron chi connectivity index (χ0n) is 13.9. The van der Waals surface area contributed by atoms with Gasteiger partial charge in [0.05, 0.1) is 21.6 Å². The third kappa shape index (κ3) is 3.83. The maximum absolute atomic E-state index is 12.2. The number of amides is 1. The number of rotatable bonds is 5. The van der Waals surface area contributed by atoms with Crippen LogP contribution in [0.2, 0.25) is 10.0 Å². The van der Waals surface area contributed by atoms with Crippen LogP contribution in [0.3, 0.4) is 0 Å². The van der Waals surface area contributed by atoms with Gasteiger partial charge in [-0.2, -0.15) is 0 Å². The zero-order valence-corrected chi connectivity index (χ0v) is 15.4. The number of hydrogen-bond acceptors (Lipinski definition) is 5. The number of hydrogen-bond donors (Lipinski definition) is 2. The van der Waals surface area contributed by atoms with Crippen molar-refractivity contribution in [1.29, 1.82) is 0 Å². The van der Waals surface area contributed by atoms with E-state index in [4.69, 9.17) is 23.2 Å². The summed E-state index contributed by atoms with van der Waals surface area (Å²) in [4.78, 5) is 36.6. The average Bonchev–Trinajstić information content (AvgIpc) is 2.99. The standard InChI is InChI=1S/C18H11Cl2N3O5/c19-9-7-11(20)16-10(17(18(25)26)22-13(16)8-9)5-6-15(24)21-12-3-1-2-4-14(12)23(27)28/h1-8,22H,(H,21,24)(H,25,26)/p-1/b6-5+. The van der Waals surface area contributed by atoms with Gasteiger partial charge in [-0.1, -0.05) is 35.3 Å². The molecule has 142 valence electrons. The Morgan fingerprint density at radius 3 is 2.57 bits per heavy atom. The molecule has 0 bridgehead atoms. The van der Waals surface area contributed by atoms with Gasteiger partial charge in [0.1, 0.15) is 5.69 Å². The number of anilines is 1. The molecule has 0 atom stereocenters. The number of H-pyrrole nitrogens is 1. The molecule has 1 aromatic heterocycles. The van der Waals surface area contributed by atoms with Crippen LogP contribution in [0.5, 0.6) is 0 Å². The molecular formula is C18H10Cl2N3O5-. The van der Waals surface area contributed by atoms with Crippen molar-refractivity contribution >= 4 is 63.4 Å². The van der Waals surface area contributed by atoms with E-state index in [1.807, 2.05) is 0 Å². The molecule has 0 saturated heterocycles. The Hall–Kier alpha value is -3.36. The predicted octanol–water partition coefficient (Wildman–Crippen LogP) is 3.40. The van der Waals surface area contributed by atoms with Crippen molar-refractivity contribution in [1.82, 2.24) is 4.98 Å². The van der Waals surface area contributed by atoms with Gasteiger partial charge in [-0.05, 0) is 24.3 Å². The number of aromatic carboxylic acids is 1. The predicted molar refractivity (Wildman–Crippen MR) is 103 cm³/mol. The number of nitro benzene ring substituents is 1. The van der Waals surface area contributed by atoms with Gasteiger partial charge in [0.15, 0.2) is 0 Å². The van der Waals surface area contributed by atoms with Gasteiger partial charge >= 0.3 is 0 Å². The number of nitro groups is 1. The molecule has 0 saturated carbocycles. The van der Waals surface area contributed by atoms with E-state index in [0.29, 0.717) is 15.9 Å². The monoisotopic (exact) mass is 418 g/mol. The lowest BCUT2D eigenvalue weighted by Gasteiger charge is -2.04. The maximum atomic E-state index is 12.2. The Bertz CT molecular complexity index is 1150. The minimum Gasteiger partial charge on any atom is -0.543 e.